The number of carbonyl (C=O) groups excluding carboxylic acids is 1. The van der Waals surface area contributed by atoms with E-state index in [9.17, 15) is 4.79 Å². The van der Waals surface area contributed by atoms with Gasteiger partial charge in [0, 0.05) is 11.9 Å². The van der Waals surface area contributed by atoms with Gasteiger partial charge >= 0.3 is 0 Å². The summed E-state index contributed by atoms with van der Waals surface area (Å²) in [6, 6.07) is 19.5. The Morgan fingerprint density at radius 2 is 1.64 bits per heavy atom. The van der Waals surface area contributed by atoms with E-state index < -0.39 is 0 Å². The molecule has 0 saturated carbocycles. The largest absolute Gasteiger partial charge is 0.344 e. The fraction of sp³-hybridized carbons (Fsp3) is 0.261. The van der Waals surface area contributed by atoms with Crippen molar-refractivity contribution in [2.45, 2.75) is 39.2 Å². The second-order valence-electron chi connectivity index (χ2n) is 7.82. The summed E-state index contributed by atoms with van der Waals surface area (Å²) in [4.78, 5) is 21.1. The van der Waals surface area contributed by atoms with Gasteiger partial charge in [-0.25, -0.2) is 9.97 Å². The maximum Gasteiger partial charge on any atom is 0.270 e. The Labute approximate surface area is 166 Å². The van der Waals surface area contributed by atoms with Crippen LogP contribution in [-0.2, 0) is 5.41 Å². The van der Waals surface area contributed by atoms with Crippen molar-refractivity contribution in [1.82, 2.24) is 15.3 Å². The second kappa shape index (κ2) is 8.21. The van der Waals surface area contributed by atoms with Crippen molar-refractivity contribution in [3.8, 4) is 0 Å². The number of nitrogens with zero attached hydrogens (tertiary/aromatic N) is 2. The molecule has 5 nitrogen and oxygen atoms in total. The predicted molar refractivity (Wildman–Crippen MR) is 113 cm³/mol. The first-order valence-corrected chi connectivity index (χ1v) is 9.39. The monoisotopic (exact) mass is 374 g/mol. The molecule has 5 heteroatoms. The SMILES string of the molecule is CC(NC(=O)c1ccnc(Nc2ccc(C(C)(C)C)cc2)n1)c1ccccc1. The van der Waals surface area contributed by atoms with Gasteiger partial charge in [0.15, 0.2) is 0 Å². The minimum atomic E-state index is -0.232. The number of anilines is 2. The van der Waals surface area contributed by atoms with E-state index in [0.29, 0.717) is 11.6 Å². The molecule has 2 N–H and O–H groups in total. The van der Waals surface area contributed by atoms with E-state index in [0.717, 1.165) is 11.3 Å². The van der Waals surface area contributed by atoms with Crippen LogP contribution in [0.3, 0.4) is 0 Å². The minimum Gasteiger partial charge on any atom is -0.344 e. The number of amides is 1. The smallest absolute Gasteiger partial charge is 0.270 e. The number of nitrogens with one attached hydrogen (secondary N) is 2. The van der Waals surface area contributed by atoms with Crippen molar-refractivity contribution < 1.29 is 4.79 Å². The Morgan fingerprint density at radius 1 is 0.964 bits per heavy atom. The number of hydrogen-bond donors (Lipinski definition) is 2. The van der Waals surface area contributed by atoms with Crippen LogP contribution in [0.25, 0.3) is 0 Å². The Morgan fingerprint density at radius 3 is 2.29 bits per heavy atom. The third kappa shape index (κ3) is 4.94. The zero-order valence-corrected chi connectivity index (χ0v) is 16.7. The highest BCUT2D eigenvalue weighted by molar-refractivity contribution is 5.92. The quantitative estimate of drug-likeness (QED) is 0.659. The van der Waals surface area contributed by atoms with Gasteiger partial charge in [-0.15, -0.1) is 0 Å². The highest BCUT2D eigenvalue weighted by Crippen LogP contribution is 2.24. The predicted octanol–water partition coefficient (Wildman–Crippen LogP) is 5.01. The summed E-state index contributed by atoms with van der Waals surface area (Å²) in [5.74, 6) is 0.161. The van der Waals surface area contributed by atoms with Gasteiger partial charge in [-0.05, 0) is 41.7 Å². The van der Waals surface area contributed by atoms with Crippen LogP contribution in [0.2, 0.25) is 0 Å². The average Bonchev–Trinajstić information content (AvgIpc) is 2.68. The fourth-order valence-corrected chi connectivity index (χ4v) is 2.82. The van der Waals surface area contributed by atoms with E-state index >= 15 is 0 Å². The zero-order chi connectivity index (χ0) is 20.1. The highest BCUT2D eigenvalue weighted by Gasteiger charge is 2.15. The molecule has 0 aliphatic rings. The Bertz CT molecular complexity index is 931. The molecule has 1 heterocycles. The lowest BCUT2D eigenvalue weighted by molar-refractivity contribution is 0.0935. The van der Waals surface area contributed by atoms with E-state index in [-0.39, 0.29) is 17.4 Å². The Balaban J connectivity index is 1.69. The summed E-state index contributed by atoms with van der Waals surface area (Å²) in [5, 5.41) is 6.13. The van der Waals surface area contributed by atoms with Gasteiger partial charge in [0.1, 0.15) is 5.69 Å². The van der Waals surface area contributed by atoms with Gasteiger partial charge in [-0.1, -0.05) is 63.2 Å². The van der Waals surface area contributed by atoms with Crippen molar-refractivity contribution in [3.63, 3.8) is 0 Å². The van der Waals surface area contributed by atoms with Gasteiger partial charge in [-0.2, -0.15) is 0 Å². The summed E-state index contributed by atoms with van der Waals surface area (Å²) in [5.41, 5.74) is 3.60. The first kappa shape index (κ1) is 19.5. The molecule has 0 aliphatic heterocycles. The molecule has 28 heavy (non-hydrogen) atoms. The third-order valence-electron chi connectivity index (χ3n) is 4.54. The molecular weight excluding hydrogens is 348 g/mol. The number of carbonyl (C=O) groups is 1. The first-order chi connectivity index (χ1) is 13.3. The Hall–Kier alpha value is -3.21. The van der Waals surface area contributed by atoms with Crippen LogP contribution in [0.4, 0.5) is 11.6 Å². The molecule has 1 amide bonds. The number of benzene rings is 2. The summed E-state index contributed by atoms with van der Waals surface area (Å²) in [6.07, 6.45) is 1.58. The van der Waals surface area contributed by atoms with Crippen molar-refractivity contribution in [3.05, 3.63) is 83.7 Å². The van der Waals surface area contributed by atoms with Crippen LogP contribution in [0.1, 0.15) is 55.4 Å². The maximum atomic E-state index is 12.6. The van der Waals surface area contributed by atoms with Gasteiger partial charge < -0.3 is 10.6 Å². The lowest BCUT2D eigenvalue weighted by Gasteiger charge is -2.19. The molecular formula is C23H26N4O. The van der Waals surface area contributed by atoms with Crippen LogP contribution < -0.4 is 10.6 Å². The van der Waals surface area contributed by atoms with E-state index in [4.69, 9.17) is 0 Å². The summed E-state index contributed by atoms with van der Waals surface area (Å²) >= 11 is 0. The van der Waals surface area contributed by atoms with Crippen LogP contribution >= 0.6 is 0 Å². The van der Waals surface area contributed by atoms with Gasteiger partial charge in [0.2, 0.25) is 5.95 Å². The number of hydrogen-bond acceptors (Lipinski definition) is 4. The van der Waals surface area contributed by atoms with Crippen LogP contribution in [0.5, 0.6) is 0 Å². The van der Waals surface area contributed by atoms with E-state index in [1.807, 2.05) is 49.4 Å². The normalized spacial score (nSPS) is 12.3. The molecule has 0 spiro atoms. The molecule has 0 fully saturated rings. The zero-order valence-electron chi connectivity index (χ0n) is 16.7. The van der Waals surface area contributed by atoms with E-state index in [1.54, 1.807) is 12.3 Å². The summed E-state index contributed by atoms with van der Waals surface area (Å²) in [6.45, 7) is 8.48. The highest BCUT2D eigenvalue weighted by atomic mass is 16.1. The van der Waals surface area contributed by atoms with Crippen molar-refractivity contribution in [1.29, 1.82) is 0 Å². The molecule has 2 aromatic carbocycles. The third-order valence-corrected chi connectivity index (χ3v) is 4.54. The number of aromatic nitrogens is 2. The summed E-state index contributed by atoms with van der Waals surface area (Å²) < 4.78 is 0. The molecule has 1 atom stereocenters. The lowest BCUT2D eigenvalue weighted by atomic mass is 9.87. The van der Waals surface area contributed by atoms with Gasteiger partial charge in [0.05, 0.1) is 6.04 Å². The molecule has 0 bridgehead atoms. The van der Waals surface area contributed by atoms with E-state index in [1.165, 1.54) is 5.56 Å². The Kier molecular flexibility index (Phi) is 5.73. The molecule has 3 aromatic rings. The van der Waals surface area contributed by atoms with Crippen LogP contribution in [0.15, 0.2) is 66.9 Å². The molecule has 3 rings (SSSR count). The van der Waals surface area contributed by atoms with Gasteiger partial charge in [-0.3, -0.25) is 4.79 Å². The van der Waals surface area contributed by atoms with Crippen LogP contribution in [0, 0.1) is 0 Å². The lowest BCUT2D eigenvalue weighted by Crippen LogP contribution is -2.27. The topological polar surface area (TPSA) is 66.9 Å². The molecule has 1 unspecified atom stereocenters. The second-order valence-corrected chi connectivity index (χ2v) is 7.82. The number of rotatable bonds is 5. The van der Waals surface area contributed by atoms with Crippen LogP contribution in [-0.4, -0.2) is 15.9 Å². The first-order valence-electron chi connectivity index (χ1n) is 9.39. The molecule has 1 aromatic heterocycles. The standard InChI is InChI=1S/C23H26N4O/c1-16(17-8-6-5-7-9-17)25-21(28)20-14-15-24-22(27-20)26-19-12-10-18(11-13-19)23(2,3)4/h5-16H,1-4H3,(H,25,28)(H,24,26,27). The summed E-state index contributed by atoms with van der Waals surface area (Å²) in [7, 11) is 0. The average molecular weight is 374 g/mol. The molecule has 0 aliphatic carbocycles. The molecule has 0 radical (unpaired) electrons. The van der Waals surface area contributed by atoms with E-state index in [2.05, 4.69) is 53.5 Å². The molecule has 144 valence electrons. The van der Waals surface area contributed by atoms with Crippen molar-refractivity contribution in [2.75, 3.05) is 5.32 Å². The maximum absolute atomic E-state index is 12.6. The van der Waals surface area contributed by atoms with Crippen molar-refractivity contribution >= 4 is 17.5 Å². The van der Waals surface area contributed by atoms with Crippen molar-refractivity contribution in [2.24, 2.45) is 0 Å². The van der Waals surface area contributed by atoms with Gasteiger partial charge in [0.25, 0.3) is 5.91 Å². The molecule has 0 saturated heterocycles. The fourth-order valence-electron chi connectivity index (χ4n) is 2.82. The minimum absolute atomic E-state index is 0.0997.